The van der Waals surface area contributed by atoms with E-state index >= 15 is 0 Å². The van der Waals surface area contributed by atoms with Gasteiger partial charge >= 0.3 is 0 Å². The number of fused-ring (bicyclic) bond motifs is 1. The molecule has 0 aliphatic carbocycles. The molecule has 0 atom stereocenters. The zero-order valence-corrected chi connectivity index (χ0v) is 15.6. The van der Waals surface area contributed by atoms with Crippen LogP contribution in [-0.2, 0) is 16.1 Å². The Morgan fingerprint density at radius 1 is 1.19 bits per heavy atom. The van der Waals surface area contributed by atoms with Crippen LogP contribution in [0.5, 0.6) is 0 Å². The van der Waals surface area contributed by atoms with Crippen LogP contribution in [-0.4, -0.2) is 53.5 Å². The quantitative estimate of drug-likeness (QED) is 0.837. The Morgan fingerprint density at radius 2 is 1.88 bits per heavy atom. The molecule has 0 bridgehead atoms. The highest BCUT2D eigenvalue weighted by Crippen LogP contribution is 2.38. The molecule has 2 saturated heterocycles. The van der Waals surface area contributed by atoms with Crippen molar-refractivity contribution in [3.63, 3.8) is 0 Å². The first-order chi connectivity index (χ1) is 12.6. The van der Waals surface area contributed by atoms with Crippen molar-refractivity contribution in [2.24, 2.45) is 5.92 Å². The number of piperidine rings is 1. The summed E-state index contributed by atoms with van der Waals surface area (Å²) >= 11 is 0. The maximum Gasteiger partial charge on any atom is 0.254 e. The first-order valence-corrected chi connectivity index (χ1v) is 9.84. The van der Waals surface area contributed by atoms with E-state index in [1.54, 1.807) is 0 Å². The maximum absolute atomic E-state index is 13.1. The van der Waals surface area contributed by atoms with E-state index in [0.717, 1.165) is 49.9 Å². The molecule has 0 radical (unpaired) electrons. The van der Waals surface area contributed by atoms with Crippen molar-refractivity contribution in [1.29, 1.82) is 0 Å². The number of hydrogen-bond acceptors (Lipinski definition) is 3. The van der Waals surface area contributed by atoms with Crippen LogP contribution in [0, 0.1) is 5.92 Å². The average molecular weight is 356 g/mol. The van der Waals surface area contributed by atoms with Gasteiger partial charge < -0.3 is 14.5 Å². The van der Waals surface area contributed by atoms with Crippen LogP contribution in [0.25, 0.3) is 0 Å². The Kier molecular flexibility index (Phi) is 4.74. The van der Waals surface area contributed by atoms with E-state index in [9.17, 15) is 9.59 Å². The number of carbonyl (C=O) groups is 2. The molecule has 0 unspecified atom stereocenters. The van der Waals surface area contributed by atoms with Crippen LogP contribution >= 0.6 is 0 Å². The van der Waals surface area contributed by atoms with Crippen LogP contribution in [0.3, 0.4) is 0 Å². The van der Waals surface area contributed by atoms with E-state index in [-0.39, 0.29) is 11.8 Å². The Labute approximate surface area is 155 Å². The third-order valence-corrected chi connectivity index (χ3v) is 6.43. The summed E-state index contributed by atoms with van der Waals surface area (Å²) in [6.45, 7) is 5.79. The molecule has 3 heterocycles. The minimum atomic E-state index is -0.408. The molecule has 26 heavy (non-hydrogen) atoms. The van der Waals surface area contributed by atoms with E-state index in [1.165, 1.54) is 0 Å². The highest BCUT2D eigenvalue weighted by Gasteiger charge is 2.46. The molecule has 0 aromatic heterocycles. The molecule has 2 fully saturated rings. The molecular weight excluding hydrogens is 328 g/mol. The average Bonchev–Trinajstić information content (AvgIpc) is 3.01. The smallest absolute Gasteiger partial charge is 0.254 e. The van der Waals surface area contributed by atoms with Crippen molar-refractivity contribution >= 4 is 11.8 Å². The lowest BCUT2D eigenvalue weighted by Gasteiger charge is -2.45. The fourth-order valence-electron chi connectivity index (χ4n) is 4.58. The highest BCUT2D eigenvalue weighted by atomic mass is 16.5. The first kappa shape index (κ1) is 17.5. The molecule has 4 rings (SSSR count). The summed E-state index contributed by atoms with van der Waals surface area (Å²) < 4.78 is 5.57. The lowest BCUT2D eigenvalue weighted by atomic mass is 9.83. The summed E-state index contributed by atoms with van der Waals surface area (Å²) in [4.78, 5) is 30.1. The zero-order chi connectivity index (χ0) is 18.1. The molecule has 0 N–H and O–H groups in total. The Bertz CT molecular complexity index is 688. The van der Waals surface area contributed by atoms with Gasteiger partial charge in [0.2, 0.25) is 5.91 Å². The molecular formula is C21H28N2O3. The second-order valence-electron chi connectivity index (χ2n) is 8.13. The number of ether oxygens (including phenoxy) is 1. The van der Waals surface area contributed by atoms with E-state index in [0.29, 0.717) is 32.1 Å². The number of hydrogen-bond donors (Lipinski definition) is 0. The summed E-state index contributed by atoms with van der Waals surface area (Å²) in [6, 6.07) is 7.82. The van der Waals surface area contributed by atoms with Gasteiger partial charge in [-0.1, -0.05) is 25.1 Å². The van der Waals surface area contributed by atoms with E-state index < -0.39 is 5.54 Å². The summed E-state index contributed by atoms with van der Waals surface area (Å²) in [5, 5.41) is 0. The lowest BCUT2D eigenvalue weighted by Crippen LogP contribution is -2.55. The van der Waals surface area contributed by atoms with Gasteiger partial charge in [-0.15, -0.1) is 0 Å². The standard InChI is InChI=1S/C21H28N2O3/c1-16-6-10-22(11-7-16)19(24)14-21(8-12-26-13-9-21)23-15-17-4-2-3-5-18(17)20(23)25/h2-5,16H,6-15H2,1H3. The van der Waals surface area contributed by atoms with Gasteiger partial charge in [-0.2, -0.15) is 0 Å². The van der Waals surface area contributed by atoms with Crippen molar-refractivity contribution in [2.75, 3.05) is 26.3 Å². The topological polar surface area (TPSA) is 49.9 Å². The van der Waals surface area contributed by atoms with Crippen LogP contribution in [0.1, 0.15) is 54.9 Å². The molecule has 5 nitrogen and oxygen atoms in total. The second-order valence-corrected chi connectivity index (χ2v) is 8.13. The summed E-state index contributed by atoms with van der Waals surface area (Å²) in [5.74, 6) is 0.968. The van der Waals surface area contributed by atoms with Crippen LogP contribution < -0.4 is 0 Å². The van der Waals surface area contributed by atoms with Crippen LogP contribution in [0.2, 0.25) is 0 Å². The lowest BCUT2D eigenvalue weighted by molar-refractivity contribution is -0.137. The SMILES string of the molecule is CC1CCN(C(=O)CC2(N3Cc4ccccc4C3=O)CCOCC2)CC1. The molecule has 1 aromatic rings. The highest BCUT2D eigenvalue weighted by molar-refractivity contribution is 5.99. The Balaban J connectivity index is 1.55. The first-order valence-electron chi connectivity index (χ1n) is 9.84. The molecule has 0 spiro atoms. The third-order valence-electron chi connectivity index (χ3n) is 6.43. The van der Waals surface area contributed by atoms with Gasteiger partial charge in [0.05, 0.1) is 12.0 Å². The predicted molar refractivity (Wildman–Crippen MR) is 98.7 cm³/mol. The minimum Gasteiger partial charge on any atom is -0.381 e. The van der Waals surface area contributed by atoms with Crippen molar-refractivity contribution in [3.05, 3.63) is 35.4 Å². The summed E-state index contributed by atoms with van der Waals surface area (Å²) in [7, 11) is 0. The van der Waals surface area contributed by atoms with E-state index in [1.807, 2.05) is 34.1 Å². The number of benzene rings is 1. The number of amides is 2. The monoisotopic (exact) mass is 356 g/mol. The molecule has 2 amide bonds. The zero-order valence-electron chi connectivity index (χ0n) is 15.6. The van der Waals surface area contributed by atoms with E-state index in [4.69, 9.17) is 4.74 Å². The number of likely N-dealkylation sites (tertiary alicyclic amines) is 1. The van der Waals surface area contributed by atoms with Gasteiger partial charge in [-0.05, 0) is 43.2 Å². The van der Waals surface area contributed by atoms with E-state index in [2.05, 4.69) is 6.92 Å². The second kappa shape index (κ2) is 7.03. The molecule has 5 heteroatoms. The number of nitrogens with zero attached hydrogens (tertiary/aromatic N) is 2. The van der Waals surface area contributed by atoms with Crippen molar-refractivity contribution < 1.29 is 14.3 Å². The minimum absolute atomic E-state index is 0.0718. The largest absolute Gasteiger partial charge is 0.381 e. The number of carbonyl (C=O) groups excluding carboxylic acids is 2. The summed E-state index contributed by atoms with van der Waals surface area (Å²) in [6.07, 6.45) is 4.06. The van der Waals surface area contributed by atoms with Gasteiger partial charge in [0.25, 0.3) is 5.91 Å². The maximum atomic E-state index is 13.1. The predicted octanol–water partition coefficient (Wildman–Crippen LogP) is 2.84. The van der Waals surface area contributed by atoms with Gasteiger partial charge in [0, 0.05) is 38.4 Å². The fourth-order valence-corrected chi connectivity index (χ4v) is 4.58. The van der Waals surface area contributed by atoms with Crippen LogP contribution in [0.4, 0.5) is 0 Å². The van der Waals surface area contributed by atoms with Crippen molar-refractivity contribution in [2.45, 2.75) is 51.1 Å². The normalized spacial score (nSPS) is 23.2. The van der Waals surface area contributed by atoms with Gasteiger partial charge in [-0.25, -0.2) is 0 Å². The Morgan fingerprint density at radius 3 is 2.58 bits per heavy atom. The van der Waals surface area contributed by atoms with Crippen molar-refractivity contribution in [3.8, 4) is 0 Å². The molecule has 140 valence electrons. The molecule has 0 saturated carbocycles. The number of rotatable bonds is 3. The van der Waals surface area contributed by atoms with Gasteiger partial charge in [-0.3, -0.25) is 9.59 Å². The summed E-state index contributed by atoms with van der Waals surface area (Å²) in [5.41, 5.74) is 1.45. The van der Waals surface area contributed by atoms with Crippen LogP contribution in [0.15, 0.2) is 24.3 Å². The molecule has 1 aromatic carbocycles. The van der Waals surface area contributed by atoms with Crippen molar-refractivity contribution in [1.82, 2.24) is 9.80 Å². The fraction of sp³-hybridized carbons (Fsp3) is 0.619. The molecule has 3 aliphatic rings. The molecule has 3 aliphatic heterocycles. The third kappa shape index (κ3) is 3.13. The van der Waals surface area contributed by atoms with Gasteiger partial charge in [0.15, 0.2) is 0 Å². The van der Waals surface area contributed by atoms with Gasteiger partial charge in [0.1, 0.15) is 0 Å². The Hall–Kier alpha value is -1.88.